The fourth-order valence-corrected chi connectivity index (χ4v) is 3.85. The molecule has 13 nitrogen and oxygen atoms in total. The average Bonchev–Trinajstić information content (AvgIpc) is 3.40. The lowest BCUT2D eigenvalue weighted by molar-refractivity contribution is -0.123. The van der Waals surface area contributed by atoms with Crippen LogP contribution in [0.3, 0.4) is 0 Å². The molecule has 0 aliphatic carbocycles. The second-order valence-corrected chi connectivity index (χ2v) is 7.76. The molecule has 1 saturated heterocycles. The third-order valence-corrected chi connectivity index (χ3v) is 5.42. The third kappa shape index (κ3) is 4.93. The van der Waals surface area contributed by atoms with Crippen molar-refractivity contribution in [3.05, 3.63) is 29.3 Å². The molecule has 7 N–H and O–H groups in total. The average molecular weight is 445 g/mol. The zero-order valence-electron chi connectivity index (χ0n) is 17.1. The zero-order valence-corrected chi connectivity index (χ0v) is 17.1. The van der Waals surface area contributed by atoms with Crippen molar-refractivity contribution in [2.24, 2.45) is 5.10 Å². The molecule has 3 aliphatic heterocycles. The first-order valence-electron chi connectivity index (χ1n) is 10.2. The van der Waals surface area contributed by atoms with Gasteiger partial charge in [0.2, 0.25) is 11.8 Å². The molecular weight excluding hydrogens is 421 g/mol. The molecule has 0 spiro atoms. The summed E-state index contributed by atoms with van der Waals surface area (Å²) >= 11 is 0. The maximum absolute atomic E-state index is 12.6. The molecule has 2 atom stereocenters. The quantitative estimate of drug-likeness (QED) is 0.219. The topological polar surface area (TPSA) is 177 Å². The van der Waals surface area contributed by atoms with E-state index >= 15 is 0 Å². The number of nitrogens with one attached hydrogen (secondary N) is 5. The molecule has 0 bridgehead atoms. The largest absolute Gasteiger partial charge is 0.547 e. The molecule has 3 heterocycles. The number of carbonyl (C=O) groups is 3. The highest BCUT2D eigenvalue weighted by Gasteiger charge is 2.38. The lowest BCUT2D eigenvalue weighted by atomic mass is 9.72. The van der Waals surface area contributed by atoms with Gasteiger partial charge in [0.05, 0.1) is 17.9 Å². The standard InChI is InChI=1S/C18H24BN7O6/c27-15(7-14-23-24-25-26(14)9-16(28)21-11-4-5-20-8-11)22-13-6-10-2-1-3-12(18(29)30)17(10)32-19(13)31/h1-3,11,13,20,24-25,31H,4-9H2,(H,21,28)(H,22,27)(H,29,30)/t11-,13-/m0/s1. The number of hydrazine groups is 2. The molecule has 0 unspecified atom stereocenters. The smallest absolute Gasteiger partial charge is 0.534 e. The van der Waals surface area contributed by atoms with Crippen LogP contribution < -0.4 is 31.7 Å². The van der Waals surface area contributed by atoms with Gasteiger partial charge in [-0.2, -0.15) is 0 Å². The predicted octanol–water partition coefficient (Wildman–Crippen LogP) is -2.67. The summed E-state index contributed by atoms with van der Waals surface area (Å²) in [4.78, 5) is 36.2. The number of hydrogen-bond acceptors (Lipinski definition) is 10. The molecule has 1 fully saturated rings. The number of carbonyl (C=O) groups excluding carboxylic acids is 2. The van der Waals surface area contributed by atoms with Gasteiger partial charge >= 0.3 is 13.1 Å². The van der Waals surface area contributed by atoms with Crippen LogP contribution in [0, 0.1) is 0 Å². The van der Waals surface area contributed by atoms with Crippen LogP contribution in [0.1, 0.15) is 28.8 Å². The minimum absolute atomic E-state index is 0.0316. The number of fused-ring (bicyclic) bond motifs is 1. The Balaban J connectivity index is 1.31. The number of hydrazone groups is 1. The summed E-state index contributed by atoms with van der Waals surface area (Å²) in [5, 5.41) is 33.7. The van der Waals surface area contributed by atoms with Gasteiger partial charge in [0.1, 0.15) is 12.3 Å². The van der Waals surface area contributed by atoms with Crippen LogP contribution in [-0.2, 0) is 16.0 Å². The van der Waals surface area contributed by atoms with Gasteiger partial charge in [-0.15, -0.1) is 10.6 Å². The summed E-state index contributed by atoms with van der Waals surface area (Å²) < 4.78 is 5.38. The van der Waals surface area contributed by atoms with Gasteiger partial charge in [0, 0.05) is 12.6 Å². The molecule has 0 radical (unpaired) electrons. The van der Waals surface area contributed by atoms with Crippen molar-refractivity contribution in [2.45, 2.75) is 31.2 Å². The van der Waals surface area contributed by atoms with Crippen LogP contribution in [0.4, 0.5) is 0 Å². The van der Waals surface area contributed by atoms with E-state index in [1.54, 1.807) is 12.1 Å². The Morgan fingerprint density at radius 1 is 1.28 bits per heavy atom. The summed E-state index contributed by atoms with van der Waals surface area (Å²) in [6, 6.07) is 4.73. The fourth-order valence-electron chi connectivity index (χ4n) is 3.85. The Bertz CT molecular complexity index is 938. The van der Waals surface area contributed by atoms with Crippen molar-refractivity contribution < 1.29 is 29.2 Å². The van der Waals surface area contributed by atoms with Crippen molar-refractivity contribution in [1.29, 1.82) is 0 Å². The van der Waals surface area contributed by atoms with Crippen LogP contribution in [0.5, 0.6) is 5.75 Å². The number of nitrogens with zero attached hydrogens (tertiary/aromatic N) is 2. The van der Waals surface area contributed by atoms with Crippen molar-refractivity contribution in [3.8, 4) is 5.75 Å². The highest BCUT2D eigenvalue weighted by molar-refractivity contribution is 6.47. The number of amides is 2. The summed E-state index contributed by atoms with van der Waals surface area (Å²) in [7, 11) is -1.41. The van der Waals surface area contributed by atoms with E-state index in [4.69, 9.17) is 4.65 Å². The normalized spacial score (nSPS) is 21.8. The van der Waals surface area contributed by atoms with Gasteiger partial charge in [0.25, 0.3) is 0 Å². The van der Waals surface area contributed by atoms with Crippen molar-refractivity contribution in [3.63, 3.8) is 0 Å². The number of benzene rings is 1. The number of aromatic carboxylic acids is 1. The number of para-hydroxylation sites is 1. The van der Waals surface area contributed by atoms with Gasteiger partial charge in [-0.3, -0.25) is 14.6 Å². The first-order chi connectivity index (χ1) is 15.4. The van der Waals surface area contributed by atoms with Crippen LogP contribution in [0.15, 0.2) is 23.3 Å². The van der Waals surface area contributed by atoms with Gasteiger partial charge in [-0.1, -0.05) is 12.1 Å². The van der Waals surface area contributed by atoms with Crippen molar-refractivity contribution in [2.75, 3.05) is 19.6 Å². The summed E-state index contributed by atoms with van der Waals surface area (Å²) in [6.45, 7) is 1.56. The minimum atomic E-state index is -1.41. The van der Waals surface area contributed by atoms with E-state index in [-0.39, 0.29) is 42.6 Å². The zero-order chi connectivity index (χ0) is 22.7. The Morgan fingerprint density at radius 2 is 2.12 bits per heavy atom. The molecule has 170 valence electrons. The monoisotopic (exact) mass is 445 g/mol. The minimum Gasteiger partial charge on any atom is -0.534 e. The maximum atomic E-state index is 12.6. The van der Waals surface area contributed by atoms with Crippen LogP contribution >= 0.6 is 0 Å². The van der Waals surface area contributed by atoms with Crippen LogP contribution in [0.2, 0.25) is 0 Å². The van der Waals surface area contributed by atoms with Gasteiger partial charge in [-0.05, 0) is 31.0 Å². The molecule has 4 rings (SSSR count). The second-order valence-electron chi connectivity index (χ2n) is 7.76. The summed E-state index contributed by atoms with van der Waals surface area (Å²) in [5.74, 6) is -2.17. The summed E-state index contributed by atoms with van der Waals surface area (Å²) in [5.41, 5.74) is 5.76. The van der Waals surface area contributed by atoms with E-state index in [0.29, 0.717) is 11.4 Å². The third-order valence-electron chi connectivity index (χ3n) is 5.42. The Kier molecular flexibility index (Phi) is 6.44. The lowest BCUT2D eigenvalue weighted by Gasteiger charge is -2.29. The second kappa shape index (κ2) is 9.42. The van der Waals surface area contributed by atoms with Gasteiger partial charge < -0.3 is 30.7 Å². The Labute approximate surface area is 183 Å². The lowest BCUT2D eigenvalue weighted by Crippen LogP contribution is -2.54. The molecule has 32 heavy (non-hydrogen) atoms. The molecular formula is C18H24BN7O6. The highest BCUT2D eigenvalue weighted by atomic mass is 16.5. The number of rotatable bonds is 7. The predicted molar refractivity (Wildman–Crippen MR) is 112 cm³/mol. The van der Waals surface area contributed by atoms with Crippen molar-refractivity contribution in [1.82, 2.24) is 32.0 Å². The molecule has 2 amide bonds. The van der Waals surface area contributed by atoms with Crippen LogP contribution in [-0.4, -0.2) is 77.5 Å². The van der Waals surface area contributed by atoms with Gasteiger partial charge in [0.15, 0.2) is 5.84 Å². The van der Waals surface area contributed by atoms with E-state index < -0.39 is 24.9 Å². The van der Waals surface area contributed by atoms with E-state index in [2.05, 4.69) is 32.1 Å². The molecule has 0 saturated carbocycles. The van der Waals surface area contributed by atoms with E-state index in [1.807, 2.05) is 0 Å². The molecule has 1 aromatic rings. The van der Waals surface area contributed by atoms with Crippen molar-refractivity contribution >= 4 is 30.7 Å². The Morgan fingerprint density at radius 3 is 2.88 bits per heavy atom. The SMILES string of the molecule is O=C(CN1NNN=C1CC(=O)N[C@H]1Cc2cccc(C(=O)O)c2OB1O)N[C@H]1CCNC1. The van der Waals surface area contributed by atoms with E-state index in [9.17, 15) is 24.5 Å². The first kappa shape index (κ1) is 21.9. The number of hydrogen-bond donors (Lipinski definition) is 7. The number of carboxylic acids is 1. The maximum Gasteiger partial charge on any atom is 0.547 e. The first-order valence-corrected chi connectivity index (χ1v) is 10.2. The number of amidine groups is 1. The summed E-state index contributed by atoms with van der Waals surface area (Å²) in [6.07, 6.45) is 0.918. The molecule has 0 aromatic heterocycles. The molecule has 1 aromatic carbocycles. The highest BCUT2D eigenvalue weighted by Crippen LogP contribution is 2.30. The van der Waals surface area contributed by atoms with Gasteiger partial charge in [-0.25, -0.2) is 10.3 Å². The Hall–Kier alpha value is -3.36. The van der Waals surface area contributed by atoms with Crippen LogP contribution in [0.25, 0.3) is 0 Å². The molecule has 14 heteroatoms. The fraction of sp³-hybridized carbons (Fsp3) is 0.444. The van der Waals surface area contributed by atoms with E-state index in [1.165, 1.54) is 11.1 Å². The molecule has 3 aliphatic rings. The van der Waals surface area contributed by atoms with E-state index in [0.717, 1.165) is 19.5 Å². The number of carboxylic acid groups (broad SMARTS) is 1.